The van der Waals surface area contributed by atoms with Crippen LogP contribution in [0.2, 0.25) is 0 Å². The first-order chi connectivity index (χ1) is 18.0. The zero-order chi connectivity index (χ0) is 27.9. The maximum absolute atomic E-state index is 13.6. The molecule has 4 N–H and O–H groups in total. The quantitative estimate of drug-likeness (QED) is 0.302. The van der Waals surface area contributed by atoms with Gasteiger partial charge in [-0.2, -0.15) is 4.31 Å². The molecule has 8 nitrogen and oxygen atoms in total. The van der Waals surface area contributed by atoms with Gasteiger partial charge in [-0.1, -0.05) is 50.2 Å². The van der Waals surface area contributed by atoms with Crippen molar-refractivity contribution >= 4 is 21.6 Å². The van der Waals surface area contributed by atoms with Crippen LogP contribution in [0.4, 0.5) is 5.69 Å². The molecule has 2 atom stereocenters. The number of benzene rings is 3. The van der Waals surface area contributed by atoms with Gasteiger partial charge in [0.2, 0.25) is 10.0 Å². The van der Waals surface area contributed by atoms with Gasteiger partial charge in [-0.15, -0.1) is 0 Å². The molecule has 0 aromatic heterocycles. The number of anilines is 1. The number of aliphatic hydroxyl groups is 1. The second-order valence-corrected chi connectivity index (χ2v) is 11.7. The molecule has 1 unspecified atom stereocenters. The van der Waals surface area contributed by atoms with Crippen LogP contribution < -0.4 is 15.8 Å². The molecule has 38 heavy (non-hydrogen) atoms. The van der Waals surface area contributed by atoms with Crippen molar-refractivity contribution < 1.29 is 23.1 Å². The number of sulfonamides is 1. The van der Waals surface area contributed by atoms with Crippen molar-refractivity contribution in [2.75, 3.05) is 25.9 Å². The predicted octanol–water partition coefficient (Wildman–Crippen LogP) is 3.63. The summed E-state index contributed by atoms with van der Waals surface area (Å²) in [6.45, 7) is 5.64. The Morgan fingerprint density at radius 2 is 1.68 bits per heavy atom. The van der Waals surface area contributed by atoms with E-state index in [-0.39, 0.29) is 29.8 Å². The number of nitrogens with zero attached hydrogens (tertiary/aromatic N) is 1. The van der Waals surface area contributed by atoms with Crippen LogP contribution in [0.1, 0.15) is 35.3 Å². The van der Waals surface area contributed by atoms with Crippen LogP contribution >= 0.6 is 0 Å². The lowest BCUT2D eigenvalue weighted by Gasteiger charge is -2.31. The van der Waals surface area contributed by atoms with Crippen LogP contribution in [0.15, 0.2) is 77.7 Å². The molecule has 0 aliphatic carbocycles. The summed E-state index contributed by atoms with van der Waals surface area (Å²) in [5, 5.41) is 14.3. The van der Waals surface area contributed by atoms with Crippen LogP contribution in [-0.4, -0.2) is 56.1 Å². The second-order valence-electron chi connectivity index (χ2n) is 9.80. The van der Waals surface area contributed by atoms with Gasteiger partial charge in [-0.25, -0.2) is 8.42 Å². The van der Waals surface area contributed by atoms with E-state index in [2.05, 4.69) is 5.32 Å². The fraction of sp³-hybridized carbons (Fsp3) is 0.345. The number of rotatable bonds is 12. The number of aryl methyl sites for hydroxylation is 1. The molecule has 3 rings (SSSR count). The van der Waals surface area contributed by atoms with Crippen LogP contribution in [0.25, 0.3) is 0 Å². The number of hydrogen-bond donors (Lipinski definition) is 3. The molecule has 9 heteroatoms. The van der Waals surface area contributed by atoms with E-state index in [1.54, 1.807) is 30.3 Å². The van der Waals surface area contributed by atoms with E-state index in [1.807, 2.05) is 51.1 Å². The van der Waals surface area contributed by atoms with Crippen molar-refractivity contribution in [1.82, 2.24) is 9.62 Å². The normalized spacial score (nSPS) is 13.3. The Labute approximate surface area is 225 Å². The van der Waals surface area contributed by atoms with Gasteiger partial charge in [-0.3, -0.25) is 4.79 Å². The number of nitrogen functional groups attached to an aromatic ring is 1. The molecule has 0 fully saturated rings. The molecule has 0 bridgehead atoms. The standard InChI is InChI=1S/C29H37N3O5S/c1-20(2)18-32(38(35,36)25-14-12-24(37-4)13-15-25)19-28(33)27(16-22-8-6-5-7-9-22)31-29(34)26-17-23(30)11-10-21(26)3/h5-15,17,20,27-28,33H,16,18-19,30H2,1-4H3,(H,31,34)/t27?,28-/m1/s1. The van der Waals surface area contributed by atoms with Crippen LogP contribution in [-0.2, 0) is 16.4 Å². The number of amides is 1. The van der Waals surface area contributed by atoms with Crippen molar-refractivity contribution in [3.8, 4) is 5.75 Å². The predicted molar refractivity (Wildman–Crippen MR) is 150 cm³/mol. The average Bonchev–Trinajstić information content (AvgIpc) is 2.89. The zero-order valence-electron chi connectivity index (χ0n) is 22.3. The van der Waals surface area contributed by atoms with Gasteiger partial charge >= 0.3 is 0 Å². The van der Waals surface area contributed by atoms with Gasteiger partial charge in [0.15, 0.2) is 0 Å². The summed E-state index contributed by atoms with van der Waals surface area (Å²) in [5.74, 6) is 0.164. The van der Waals surface area contributed by atoms with E-state index in [0.717, 1.165) is 11.1 Å². The topological polar surface area (TPSA) is 122 Å². The smallest absolute Gasteiger partial charge is 0.251 e. The molecule has 3 aromatic carbocycles. The summed E-state index contributed by atoms with van der Waals surface area (Å²) >= 11 is 0. The highest BCUT2D eigenvalue weighted by Gasteiger charge is 2.31. The third-order valence-corrected chi connectivity index (χ3v) is 8.09. The number of ether oxygens (including phenoxy) is 1. The minimum atomic E-state index is -3.93. The average molecular weight is 540 g/mol. The fourth-order valence-corrected chi connectivity index (χ4v) is 5.81. The Balaban J connectivity index is 1.90. The van der Waals surface area contributed by atoms with Crippen LogP contribution in [0.3, 0.4) is 0 Å². The first-order valence-corrected chi connectivity index (χ1v) is 14.0. The van der Waals surface area contributed by atoms with Gasteiger partial charge in [0.25, 0.3) is 5.91 Å². The third-order valence-electron chi connectivity index (χ3n) is 6.24. The minimum Gasteiger partial charge on any atom is -0.497 e. The Bertz CT molecular complexity index is 1310. The summed E-state index contributed by atoms with van der Waals surface area (Å²) in [6, 6.07) is 19.9. The highest BCUT2D eigenvalue weighted by atomic mass is 32.2. The summed E-state index contributed by atoms with van der Waals surface area (Å²) in [5.41, 5.74) is 8.40. The Kier molecular flexibility index (Phi) is 9.90. The van der Waals surface area contributed by atoms with Gasteiger partial charge in [0.05, 0.1) is 24.2 Å². The van der Waals surface area contributed by atoms with Gasteiger partial charge in [0, 0.05) is 24.3 Å². The number of nitrogens with two attached hydrogens (primary N) is 1. The first kappa shape index (κ1) is 29.2. The molecule has 204 valence electrons. The van der Waals surface area contributed by atoms with E-state index >= 15 is 0 Å². The summed E-state index contributed by atoms with van der Waals surface area (Å²) in [6.07, 6.45) is -0.875. The number of aliphatic hydroxyl groups excluding tert-OH is 1. The molecule has 1 amide bonds. The number of carbonyl (C=O) groups is 1. The molecule has 0 radical (unpaired) electrons. The van der Waals surface area contributed by atoms with Gasteiger partial charge in [0.1, 0.15) is 5.75 Å². The summed E-state index contributed by atoms with van der Waals surface area (Å²) in [7, 11) is -2.42. The minimum absolute atomic E-state index is 0.00679. The van der Waals surface area contributed by atoms with Crippen molar-refractivity contribution in [2.45, 2.75) is 44.2 Å². The number of nitrogens with one attached hydrogen (secondary N) is 1. The van der Waals surface area contributed by atoms with Gasteiger partial charge < -0.3 is 20.9 Å². The number of methoxy groups -OCH3 is 1. The molecular formula is C29H37N3O5S. The lowest BCUT2D eigenvalue weighted by Crippen LogP contribution is -2.51. The number of carbonyl (C=O) groups excluding carboxylic acids is 1. The van der Waals surface area contributed by atoms with Crippen molar-refractivity contribution in [1.29, 1.82) is 0 Å². The van der Waals surface area contributed by atoms with Crippen molar-refractivity contribution in [3.05, 3.63) is 89.5 Å². The van der Waals surface area contributed by atoms with E-state index < -0.39 is 22.2 Å². The maximum Gasteiger partial charge on any atom is 0.251 e. The molecule has 0 saturated heterocycles. The summed E-state index contributed by atoms with van der Waals surface area (Å²) < 4.78 is 33.6. The van der Waals surface area contributed by atoms with E-state index in [4.69, 9.17) is 10.5 Å². The Morgan fingerprint density at radius 3 is 2.29 bits per heavy atom. The second kappa shape index (κ2) is 12.9. The first-order valence-electron chi connectivity index (χ1n) is 12.5. The molecule has 0 spiro atoms. The Hall–Kier alpha value is -3.40. The zero-order valence-corrected chi connectivity index (χ0v) is 23.1. The van der Waals surface area contributed by atoms with E-state index in [0.29, 0.717) is 23.4 Å². The highest BCUT2D eigenvalue weighted by molar-refractivity contribution is 7.89. The summed E-state index contributed by atoms with van der Waals surface area (Å²) in [4.78, 5) is 13.3. The van der Waals surface area contributed by atoms with E-state index in [1.165, 1.54) is 23.5 Å². The maximum atomic E-state index is 13.6. The number of hydrogen-bond acceptors (Lipinski definition) is 6. The molecule has 0 heterocycles. The molecule has 3 aromatic rings. The SMILES string of the molecule is COc1ccc(S(=O)(=O)N(CC(C)C)C[C@@H](O)C(Cc2ccccc2)NC(=O)c2cc(N)ccc2C)cc1. The monoisotopic (exact) mass is 539 g/mol. The fourth-order valence-electron chi connectivity index (χ4n) is 4.19. The van der Waals surface area contributed by atoms with Crippen molar-refractivity contribution in [3.63, 3.8) is 0 Å². The van der Waals surface area contributed by atoms with E-state index in [9.17, 15) is 18.3 Å². The van der Waals surface area contributed by atoms with Crippen LogP contribution in [0, 0.1) is 12.8 Å². The Morgan fingerprint density at radius 1 is 1.03 bits per heavy atom. The molecule has 0 aliphatic heterocycles. The third kappa shape index (κ3) is 7.56. The lowest BCUT2D eigenvalue weighted by molar-refractivity contribution is 0.0775. The molecular weight excluding hydrogens is 502 g/mol. The lowest BCUT2D eigenvalue weighted by atomic mass is 9.99. The van der Waals surface area contributed by atoms with Crippen molar-refractivity contribution in [2.24, 2.45) is 5.92 Å². The van der Waals surface area contributed by atoms with Crippen LogP contribution in [0.5, 0.6) is 5.75 Å². The largest absolute Gasteiger partial charge is 0.497 e. The highest BCUT2D eigenvalue weighted by Crippen LogP contribution is 2.22. The van der Waals surface area contributed by atoms with Gasteiger partial charge in [-0.05, 0) is 66.8 Å². The molecule has 0 aliphatic rings. The molecule has 0 saturated carbocycles.